The van der Waals surface area contributed by atoms with E-state index in [1.807, 2.05) is 0 Å². The SMILES string of the molecule is C=C/C=C(\C)S(F)(F)(F)(F)F. The van der Waals surface area contributed by atoms with Gasteiger partial charge in [0.05, 0.1) is 4.91 Å². The molecule has 6 heteroatoms. The molecule has 0 saturated carbocycles. The van der Waals surface area contributed by atoms with Gasteiger partial charge in [-0.15, -0.1) is 0 Å². The standard InChI is InChI=1S/C5H7F5S/c1-3-4-5(2)11(6,7,8,9)10/h3-4H,1H2,2H3/b5-4+. The van der Waals surface area contributed by atoms with Crippen molar-refractivity contribution in [2.75, 3.05) is 0 Å². The highest BCUT2D eigenvalue weighted by atomic mass is 32.5. The lowest BCUT2D eigenvalue weighted by atomic mass is 10.5. The quantitative estimate of drug-likeness (QED) is 0.452. The summed E-state index contributed by atoms with van der Waals surface area (Å²) >= 11 is 0. The average Bonchev–Trinajstić information content (AvgIpc) is 1.60. The molecular formula is C5H7F5S. The summed E-state index contributed by atoms with van der Waals surface area (Å²) in [6.45, 7) is 3.21. The number of halogens is 5. The molecule has 0 saturated heterocycles. The Morgan fingerprint density at radius 3 is 1.64 bits per heavy atom. The van der Waals surface area contributed by atoms with Crippen LogP contribution in [0.2, 0.25) is 0 Å². The van der Waals surface area contributed by atoms with Gasteiger partial charge in [0.2, 0.25) is 0 Å². The van der Waals surface area contributed by atoms with Crippen LogP contribution < -0.4 is 0 Å². The molecule has 0 heterocycles. The highest BCUT2D eigenvalue weighted by Crippen LogP contribution is 3.01. The first-order valence-electron chi connectivity index (χ1n) is 2.51. The fourth-order valence-electron chi connectivity index (χ4n) is 0.295. The Kier molecular flexibility index (Phi) is 1.71. The second-order valence-corrected chi connectivity index (χ2v) is 4.56. The zero-order chi connectivity index (χ0) is 9.40. The lowest BCUT2D eigenvalue weighted by molar-refractivity contribution is 0.378. The van der Waals surface area contributed by atoms with Crippen LogP contribution in [0.5, 0.6) is 0 Å². The van der Waals surface area contributed by atoms with Crippen molar-refractivity contribution >= 4 is 10.2 Å². The number of allylic oxidation sites excluding steroid dienone is 3. The Labute approximate surface area is 61.1 Å². The van der Waals surface area contributed by atoms with Crippen LogP contribution in [-0.4, -0.2) is 0 Å². The van der Waals surface area contributed by atoms with Crippen LogP contribution in [0.15, 0.2) is 23.6 Å². The van der Waals surface area contributed by atoms with Gasteiger partial charge in [-0.3, -0.25) is 0 Å². The molecule has 0 aromatic carbocycles. The van der Waals surface area contributed by atoms with Gasteiger partial charge in [-0.2, -0.15) is 0 Å². The van der Waals surface area contributed by atoms with Crippen LogP contribution in [0.3, 0.4) is 0 Å². The molecule has 68 valence electrons. The second kappa shape index (κ2) is 1.80. The molecule has 0 radical (unpaired) electrons. The molecule has 0 atom stereocenters. The maximum Gasteiger partial charge on any atom is 0.306 e. The van der Waals surface area contributed by atoms with Crippen molar-refractivity contribution < 1.29 is 19.4 Å². The van der Waals surface area contributed by atoms with E-state index in [1.54, 1.807) is 0 Å². The first-order valence-corrected chi connectivity index (χ1v) is 4.46. The van der Waals surface area contributed by atoms with Crippen molar-refractivity contribution in [1.29, 1.82) is 0 Å². The Hall–Kier alpha value is -0.520. The minimum atomic E-state index is -9.38. The van der Waals surface area contributed by atoms with Crippen LogP contribution in [0.1, 0.15) is 6.92 Å². The second-order valence-electron chi connectivity index (χ2n) is 1.98. The van der Waals surface area contributed by atoms with E-state index in [4.69, 9.17) is 0 Å². The Bertz CT molecular complexity index is 206. The minimum Gasteiger partial charge on any atom is -0.0990 e. The maximum absolute atomic E-state index is 11.7. The maximum atomic E-state index is 11.7. The van der Waals surface area contributed by atoms with Gasteiger partial charge in [0, 0.05) is 0 Å². The number of hydrogen-bond acceptors (Lipinski definition) is 0. The molecular weight excluding hydrogens is 187 g/mol. The Balaban J connectivity index is 5.18. The molecule has 0 N–H and O–H groups in total. The highest BCUT2D eigenvalue weighted by molar-refractivity contribution is 8.48. The molecule has 0 unspecified atom stereocenters. The number of rotatable bonds is 2. The first-order chi connectivity index (χ1) is 4.47. The van der Waals surface area contributed by atoms with E-state index in [2.05, 4.69) is 6.58 Å². The van der Waals surface area contributed by atoms with E-state index in [9.17, 15) is 19.4 Å². The molecule has 0 aliphatic carbocycles. The average molecular weight is 194 g/mol. The summed E-state index contributed by atoms with van der Waals surface area (Å²) in [6.07, 6.45) is 0.925. The Morgan fingerprint density at radius 2 is 1.55 bits per heavy atom. The fraction of sp³-hybridized carbons (Fsp3) is 0.200. The topological polar surface area (TPSA) is 0 Å². The summed E-state index contributed by atoms with van der Waals surface area (Å²) in [5.74, 6) is 0. The van der Waals surface area contributed by atoms with Crippen molar-refractivity contribution in [1.82, 2.24) is 0 Å². The van der Waals surface area contributed by atoms with Crippen molar-refractivity contribution in [2.45, 2.75) is 6.92 Å². The van der Waals surface area contributed by atoms with E-state index in [0.29, 0.717) is 13.0 Å². The van der Waals surface area contributed by atoms with E-state index >= 15 is 0 Å². The first kappa shape index (κ1) is 10.5. The lowest BCUT2D eigenvalue weighted by Gasteiger charge is -2.41. The molecule has 0 spiro atoms. The summed E-state index contributed by atoms with van der Waals surface area (Å²) in [5.41, 5.74) is 0. The molecule has 0 nitrogen and oxygen atoms in total. The molecule has 0 rings (SSSR count). The lowest BCUT2D eigenvalue weighted by Crippen LogP contribution is -2.05. The van der Waals surface area contributed by atoms with E-state index in [-0.39, 0.29) is 6.08 Å². The third-order valence-corrected chi connectivity index (χ3v) is 2.31. The monoisotopic (exact) mass is 194 g/mol. The zero-order valence-electron chi connectivity index (χ0n) is 5.66. The Morgan fingerprint density at radius 1 is 1.18 bits per heavy atom. The summed E-state index contributed by atoms with van der Waals surface area (Å²) in [4.78, 5) is -1.87. The van der Waals surface area contributed by atoms with Crippen LogP contribution in [0.4, 0.5) is 19.4 Å². The van der Waals surface area contributed by atoms with Crippen molar-refractivity contribution in [3.05, 3.63) is 23.6 Å². The molecule has 0 amide bonds. The molecule has 0 fully saturated rings. The predicted octanol–water partition coefficient (Wildman–Crippen LogP) is 4.37. The molecule has 11 heavy (non-hydrogen) atoms. The van der Waals surface area contributed by atoms with Crippen LogP contribution in [0, 0.1) is 0 Å². The van der Waals surface area contributed by atoms with Crippen molar-refractivity contribution in [3.8, 4) is 0 Å². The minimum absolute atomic E-state index is 0.252. The third kappa shape index (κ3) is 3.41. The number of hydrogen-bond donors (Lipinski definition) is 0. The van der Waals surface area contributed by atoms with Crippen molar-refractivity contribution in [3.63, 3.8) is 0 Å². The van der Waals surface area contributed by atoms with E-state index in [0.717, 1.165) is 0 Å². The van der Waals surface area contributed by atoms with E-state index in [1.165, 1.54) is 0 Å². The summed E-state index contributed by atoms with van der Waals surface area (Å²) in [7, 11) is -9.38. The molecule has 0 aliphatic rings. The normalized spacial score (nSPS) is 20.4. The van der Waals surface area contributed by atoms with Crippen LogP contribution in [0.25, 0.3) is 0 Å². The third-order valence-electron chi connectivity index (χ3n) is 0.961. The van der Waals surface area contributed by atoms with Crippen LogP contribution in [-0.2, 0) is 0 Å². The van der Waals surface area contributed by atoms with Gasteiger partial charge in [0.25, 0.3) is 0 Å². The predicted molar refractivity (Wildman–Crippen MR) is 37.1 cm³/mol. The molecule has 0 bridgehead atoms. The zero-order valence-corrected chi connectivity index (χ0v) is 6.48. The van der Waals surface area contributed by atoms with Gasteiger partial charge in [0.1, 0.15) is 0 Å². The van der Waals surface area contributed by atoms with Gasteiger partial charge in [-0.25, -0.2) is 0 Å². The summed E-state index contributed by atoms with van der Waals surface area (Å²) < 4.78 is 58.4. The van der Waals surface area contributed by atoms with Gasteiger partial charge < -0.3 is 0 Å². The summed E-state index contributed by atoms with van der Waals surface area (Å²) in [6, 6.07) is 0. The molecule has 0 aromatic rings. The van der Waals surface area contributed by atoms with Gasteiger partial charge in [-0.05, 0) is 13.0 Å². The van der Waals surface area contributed by atoms with Crippen LogP contribution >= 0.6 is 10.2 Å². The van der Waals surface area contributed by atoms with Crippen molar-refractivity contribution in [2.24, 2.45) is 0 Å². The molecule has 0 aliphatic heterocycles. The van der Waals surface area contributed by atoms with E-state index < -0.39 is 15.1 Å². The smallest absolute Gasteiger partial charge is 0.0990 e. The van der Waals surface area contributed by atoms with Gasteiger partial charge >= 0.3 is 10.2 Å². The fourth-order valence-corrected chi connectivity index (χ4v) is 0.648. The summed E-state index contributed by atoms with van der Waals surface area (Å²) in [5, 5.41) is 0. The highest BCUT2D eigenvalue weighted by Gasteiger charge is 2.65. The largest absolute Gasteiger partial charge is 0.306 e. The van der Waals surface area contributed by atoms with Gasteiger partial charge in [-0.1, -0.05) is 32.1 Å². The molecule has 0 aromatic heterocycles. The van der Waals surface area contributed by atoms with Gasteiger partial charge in [0.15, 0.2) is 0 Å².